The number of hydrogen-bond acceptors (Lipinski definition) is 6. The van der Waals surface area contributed by atoms with Crippen molar-refractivity contribution in [3.63, 3.8) is 0 Å². The van der Waals surface area contributed by atoms with E-state index in [1.54, 1.807) is 18.2 Å². The lowest BCUT2D eigenvalue weighted by Gasteiger charge is -2.23. The second-order valence-corrected chi connectivity index (χ2v) is 7.97. The smallest absolute Gasteiger partial charge is 0.309 e. The number of hydrogen-bond donors (Lipinski definition) is 3. The summed E-state index contributed by atoms with van der Waals surface area (Å²) >= 11 is 0. The van der Waals surface area contributed by atoms with Crippen molar-refractivity contribution >= 4 is 28.6 Å². The first kappa shape index (κ1) is 21.8. The van der Waals surface area contributed by atoms with Crippen LogP contribution in [0.25, 0.3) is 10.9 Å². The highest BCUT2D eigenvalue weighted by Crippen LogP contribution is 2.33. The number of carbonyl (C=O) groups excluding carboxylic acids is 3. The number of nitrogens with one attached hydrogen (secondary N) is 3. The third-order valence-electron chi connectivity index (χ3n) is 5.87. The van der Waals surface area contributed by atoms with E-state index >= 15 is 0 Å². The molecule has 3 aromatic rings. The second-order valence-electron chi connectivity index (χ2n) is 7.97. The van der Waals surface area contributed by atoms with Crippen molar-refractivity contribution in [3.8, 4) is 11.5 Å². The van der Waals surface area contributed by atoms with Crippen molar-refractivity contribution in [2.75, 3.05) is 33.0 Å². The molecule has 0 saturated carbocycles. The van der Waals surface area contributed by atoms with E-state index in [1.165, 1.54) is 4.90 Å². The van der Waals surface area contributed by atoms with Gasteiger partial charge in [0.2, 0.25) is 6.79 Å². The highest BCUT2D eigenvalue weighted by molar-refractivity contribution is 6.35. The molecule has 3 N–H and O–H groups in total. The van der Waals surface area contributed by atoms with Gasteiger partial charge < -0.3 is 34.7 Å². The zero-order chi connectivity index (χ0) is 23.5. The SMILES string of the molecule is O=C(NCCc1c[nH]c2ccccc12)C(=O)NC[C@@H]1OCCN1C(=O)c1ccc2c(c1)OCO2. The second kappa shape index (κ2) is 9.44. The summed E-state index contributed by atoms with van der Waals surface area (Å²) < 4.78 is 16.2. The zero-order valence-corrected chi connectivity index (χ0v) is 18.3. The first-order chi connectivity index (χ1) is 16.6. The summed E-state index contributed by atoms with van der Waals surface area (Å²) in [5, 5.41) is 6.28. The molecule has 0 bridgehead atoms. The minimum atomic E-state index is -0.773. The summed E-state index contributed by atoms with van der Waals surface area (Å²) in [4.78, 5) is 42.1. The number of ether oxygens (including phenoxy) is 3. The molecule has 3 amide bonds. The fourth-order valence-corrected chi connectivity index (χ4v) is 4.11. The van der Waals surface area contributed by atoms with E-state index in [0.717, 1.165) is 16.5 Å². The van der Waals surface area contributed by atoms with Crippen molar-refractivity contribution in [2.45, 2.75) is 12.6 Å². The van der Waals surface area contributed by atoms with Crippen LogP contribution in [0.1, 0.15) is 15.9 Å². The molecule has 10 nitrogen and oxygen atoms in total. The van der Waals surface area contributed by atoms with Gasteiger partial charge in [-0.15, -0.1) is 0 Å². The molecule has 0 spiro atoms. The van der Waals surface area contributed by atoms with Gasteiger partial charge in [-0.3, -0.25) is 14.4 Å². The van der Waals surface area contributed by atoms with Crippen LogP contribution in [0.15, 0.2) is 48.7 Å². The Kier molecular flexibility index (Phi) is 6.05. The van der Waals surface area contributed by atoms with Crippen molar-refractivity contribution in [1.29, 1.82) is 0 Å². The highest BCUT2D eigenvalue weighted by atomic mass is 16.7. The third kappa shape index (κ3) is 4.40. The van der Waals surface area contributed by atoms with Crippen LogP contribution in [-0.4, -0.2) is 66.9 Å². The molecule has 1 atom stereocenters. The molecular weight excluding hydrogens is 440 g/mol. The molecule has 2 aromatic carbocycles. The first-order valence-electron chi connectivity index (χ1n) is 11.0. The predicted molar refractivity (Wildman–Crippen MR) is 121 cm³/mol. The molecule has 176 valence electrons. The molecule has 3 heterocycles. The highest BCUT2D eigenvalue weighted by Gasteiger charge is 2.32. The molecule has 0 unspecified atom stereocenters. The van der Waals surface area contributed by atoms with Gasteiger partial charge in [-0.25, -0.2) is 0 Å². The normalized spacial score (nSPS) is 16.6. The van der Waals surface area contributed by atoms with Gasteiger partial charge >= 0.3 is 11.8 Å². The summed E-state index contributed by atoms with van der Waals surface area (Å²) in [6, 6.07) is 12.9. The Balaban J connectivity index is 1.11. The van der Waals surface area contributed by atoms with Crippen LogP contribution >= 0.6 is 0 Å². The number of rotatable bonds is 6. The van der Waals surface area contributed by atoms with E-state index in [0.29, 0.717) is 43.2 Å². The largest absolute Gasteiger partial charge is 0.454 e. The van der Waals surface area contributed by atoms with Crippen LogP contribution in [0.4, 0.5) is 0 Å². The maximum atomic E-state index is 12.9. The Hall–Kier alpha value is -4.05. The van der Waals surface area contributed by atoms with Gasteiger partial charge in [0, 0.05) is 35.8 Å². The Morgan fingerprint density at radius 1 is 1.03 bits per heavy atom. The third-order valence-corrected chi connectivity index (χ3v) is 5.87. The van der Waals surface area contributed by atoms with Gasteiger partial charge in [0.15, 0.2) is 11.5 Å². The Morgan fingerprint density at radius 2 is 1.85 bits per heavy atom. The van der Waals surface area contributed by atoms with Crippen LogP contribution in [0, 0.1) is 0 Å². The molecule has 5 rings (SSSR count). The number of aromatic amines is 1. The fraction of sp³-hybridized carbons (Fsp3) is 0.292. The summed E-state index contributed by atoms with van der Waals surface area (Å²) in [6.07, 6.45) is 1.83. The molecule has 1 saturated heterocycles. The molecule has 1 fully saturated rings. The number of H-pyrrole nitrogens is 1. The fourth-order valence-electron chi connectivity index (χ4n) is 4.11. The Morgan fingerprint density at radius 3 is 2.76 bits per heavy atom. The van der Waals surface area contributed by atoms with Crippen molar-refractivity contribution in [2.24, 2.45) is 0 Å². The predicted octanol–water partition coefficient (Wildman–Crippen LogP) is 1.17. The van der Waals surface area contributed by atoms with Crippen LogP contribution < -0.4 is 20.1 Å². The molecular formula is C24H24N4O6. The molecule has 34 heavy (non-hydrogen) atoms. The standard InChI is InChI=1S/C24H24N4O6/c29-22(25-8-7-16-12-26-18-4-2-1-3-17(16)18)23(30)27-13-21-28(9-10-32-21)24(31)15-5-6-19-20(11-15)34-14-33-19/h1-6,11-12,21,26H,7-10,13-14H2,(H,25,29)(H,27,30)/t21-/m0/s1. The van der Waals surface area contributed by atoms with E-state index in [-0.39, 0.29) is 19.2 Å². The van der Waals surface area contributed by atoms with Crippen molar-refractivity contribution in [1.82, 2.24) is 20.5 Å². The maximum Gasteiger partial charge on any atom is 0.309 e. The summed E-state index contributed by atoms with van der Waals surface area (Å²) in [5.74, 6) is -0.650. The maximum absolute atomic E-state index is 12.9. The molecule has 0 aliphatic carbocycles. The van der Waals surface area contributed by atoms with Crippen molar-refractivity contribution < 1.29 is 28.6 Å². The van der Waals surface area contributed by atoms with Crippen molar-refractivity contribution in [3.05, 3.63) is 59.8 Å². The number of fused-ring (bicyclic) bond motifs is 2. The monoisotopic (exact) mass is 464 g/mol. The molecule has 2 aliphatic rings. The van der Waals surface area contributed by atoms with Gasteiger partial charge in [-0.2, -0.15) is 0 Å². The van der Waals surface area contributed by atoms with Gasteiger partial charge in [-0.05, 0) is 36.2 Å². The van der Waals surface area contributed by atoms with Crippen LogP contribution in [0.2, 0.25) is 0 Å². The van der Waals surface area contributed by atoms with E-state index in [4.69, 9.17) is 14.2 Å². The van der Waals surface area contributed by atoms with Crippen LogP contribution in [0.3, 0.4) is 0 Å². The Bertz CT molecular complexity index is 1240. The Labute approximate surface area is 195 Å². The van der Waals surface area contributed by atoms with E-state index in [9.17, 15) is 14.4 Å². The van der Waals surface area contributed by atoms with Gasteiger partial charge in [-0.1, -0.05) is 18.2 Å². The molecule has 10 heteroatoms. The number of nitrogens with zero attached hydrogens (tertiary/aromatic N) is 1. The summed E-state index contributed by atoms with van der Waals surface area (Å²) in [6.45, 7) is 1.17. The minimum absolute atomic E-state index is 0.00495. The molecule has 1 aromatic heterocycles. The topological polar surface area (TPSA) is 122 Å². The molecule has 2 aliphatic heterocycles. The average Bonchev–Trinajstić information content (AvgIpc) is 3.61. The molecule has 0 radical (unpaired) electrons. The van der Waals surface area contributed by atoms with Gasteiger partial charge in [0.05, 0.1) is 13.2 Å². The number of aromatic nitrogens is 1. The zero-order valence-electron chi connectivity index (χ0n) is 18.3. The number of benzene rings is 2. The minimum Gasteiger partial charge on any atom is -0.454 e. The van der Waals surface area contributed by atoms with Crippen LogP contribution in [0.5, 0.6) is 11.5 Å². The average molecular weight is 464 g/mol. The summed E-state index contributed by atoms with van der Waals surface area (Å²) in [5.41, 5.74) is 2.52. The van der Waals surface area contributed by atoms with Gasteiger partial charge in [0.25, 0.3) is 5.91 Å². The lowest BCUT2D eigenvalue weighted by molar-refractivity contribution is -0.139. The quantitative estimate of drug-likeness (QED) is 0.471. The lowest BCUT2D eigenvalue weighted by atomic mass is 10.1. The van der Waals surface area contributed by atoms with E-state index in [2.05, 4.69) is 15.6 Å². The number of carbonyl (C=O) groups is 3. The lowest BCUT2D eigenvalue weighted by Crippen LogP contribution is -2.47. The van der Waals surface area contributed by atoms with E-state index in [1.807, 2.05) is 30.5 Å². The number of amides is 3. The number of para-hydroxylation sites is 1. The van der Waals surface area contributed by atoms with Gasteiger partial charge in [0.1, 0.15) is 6.23 Å². The summed E-state index contributed by atoms with van der Waals surface area (Å²) in [7, 11) is 0. The first-order valence-corrected chi connectivity index (χ1v) is 11.0. The van der Waals surface area contributed by atoms with E-state index < -0.39 is 18.0 Å². The van der Waals surface area contributed by atoms with Crippen LogP contribution in [-0.2, 0) is 20.7 Å².